The average Bonchev–Trinajstić information content (AvgIpc) is 2.84. The molecule has 4 amide bonds. The molecule has 3 rings (SSSR count). The summed E-state index contributed by atoms with van der Waals surface area (Å²) in [5, 5.41) is 5.36. The van der Waals surface area contributed by atoms with Crippen LogP contribution in [-0.2, 0) is 9.59 Å². The van der Waals surface area contributed by atoms with Crippen LogP contribution in [0.5, 0.6) is 0 Å². The summed E-state index contributed by atoms with van der Waals surface area (Å²) >= 11 is 0. The highest BCUT2D eigenvalue weighted by Crippen LogP contribution is 2.29. The first kappa shape index (κ1) is 17.1. The van der Waals surface area contributed by atoms with Crippen LogP contribution in [0.25, 0.3) is 0 Å². The average molecular weight is 344 g/mol. The number of piperidine rings is 1. The molecule has 2 aliphatic heterocycles. The van der Waals surface area contributed by atoms with Crippen LogP contribution in [0.2, 0.25) is 0 Å². The SMILES string of the molecule is C[C@@H](CN)CNc1ccc2c(c1)C(=O)N(C1CCC(=O)NC1=O)C2=O. The minimum absolute atomic E-state index is 0.105. The maximum atomic E-state index is 12.7. The molecule has 25 heavy (non-hydrogen) atoms. The van der Waals surface area contributed by atoms with Gasteiger partial charge < -0.3 is 11.1 Å². The molecule has 1 unspecified atom stereocenters. The molecule has 2 aliphatic rings. The van der Waals surface area contributed by atoms with E-state index in [0.717, 1.165) is 4.90 Å². The zero-order valence-electron chi connectivity index (χ0n) is 13.9. The molecule has 1 saturated heterocycles. The number of carbonyl (C=O) groups is 4. The van der Waals surface area contributed by atoms with E-state index in [2.05, 4.69) is 10.6 Å². The van der Waals surface area contributed by atoms with Crippen LogP contribution in [0.3, 0.4) is 0 Å². The van der Waals surface area contributed by atoms with Gasteiger partial charge >= 0.3 is 0 Å². The first-order valence-corrected chi connectivity index (χ1v) is 8.22. The Labute approximate surface area is 144 Å². The second-order valence-corrected chi connectivity index (χ2v) is 6.43. The standard InChI is InChI=1S/C17H20N4O4/c1-9(7-18)8-19-10-2-3-11-12(6-10)17(25)21(16(11)24)13-4-5-14(22)20-15(13)23/h2-3,6,9,13,19H,4-5,7-8,18H2,1H3,(H,20,22,23)/t9-,13?/m0/s1. The second-order valence-electron chi connectivity index (χ2n) is 6.43. The van der Waals surface area contributed by atoms with Gasteiger partial charge in [0.25, 0.3) is 11.8 Å². The van der Waals surface area contributed by atoms with Crippen molar-refractivity contribution in [1.29, 1.82) is 0 Å². The Bertz CT molecular complexity index is 761. The maximum absolute atomic E-state index is 12.7. The Balaban J connectivity index is 1.82. The highest BCUT2D eigenvalue weighted by atomic mass is 16.2. The van der Waals surface area contributed by atoms with Gasteiger partial charge in [-0.2, -0.15) is 0 Å². The molecule has 0 saturated carbocycles. The molecule has 1 aromatic rings. The van der Waals surface area contributed by atoms with Gasteiger partial charge in [0.15, 0.2) is 0 Å². The molecule has 8 heteroatoms. The van der Waals surface area contributed by atoms with Crippen molar-refractivity contribution in [2.75, 3.05) is 18.4 Å². The van der Waals surface area contributed by atoms with Gasteiger partial charge in [-0.05, 0) is 37.1 Å². The van der Waals surface area contributed by atoms with E-state index >= 15 is 0 Å². The number of fused-ring (bicyclic) bond motifs is 1. The quantitative estimate of drug-likeness (QED) is 0.651. The van der Waals surface area contributed by atoms with E-state index in [1.165, 1.54) is 0 Å². The monoisotopic (exact) mass is 344 g/mol. The van der Waals surface area contributed by atoms with Crippen molar-refractivity contribution in [3.63, 3.8) is 0 Å². The number of nitrogens with one attached hydrogen (secondary N) is 2. The highest BCUT2D eigenvalue weighted by molar-refractivity contribution is 6.23. The molecule has 2 atom stereocenters. The minimum Gasteiger partial charge on any atom is -0.385 e. The largest absolute Gasteiger partial charge is 0.385 e. The molecular formula is C17H20N4O4. The van der Waals surface area contributed by atoms with Crippen molar-refractivity contribution in [2.45, 2.75) is 25.8 Å². The van der Waals surface area contributed by atoms with Crippen LogP contribution in [0.1, 0.15) is 40.5 Å². The second kappa shape index (κ2) is 6.64. The van der Waals surface area contributed by atoms with Crippen LogP contribution in [-0.4, -0.2) is 47.7 Å². The smallest absolute Gasteiger partial charge is 0.262 e. The lowest BCUT2D eigenvalue weighted by molar-refractivity contribution is -0.136. The molecule has 0 bridgehead atoms. The molecule has 0 aromatic heterocycles. The summed E-state index contributed by atoms with van der Waals surface area (Å²) in [6.07, 6.45) is 0.253. The van der Waals surface area contributed by atoms with Crippen LogP contribution in [0.4, 0.5) is 5.69 Å². The molecule has 1 fully saturated rings. The third-order valence-electron chi connectivity index (χ3n) is 4.50. The summed E-state index contributed by atoms with van der Waals surface area (Å²) in [4.78, 5) is 49.5. The normalized spacial score (nSPS) is 21.2. The number of nitrogens with zero attached hydrogens (tertiary/aromatic N) is 1. The predicted octanol–water partition coefficient (Wildman–Crippen LogP) is 0.0945. The fourth-order valence-electron chi connectivity index (χ4n) is 2.96. The summed E-state index contributed by atoms with van der Waals surface area (Å²) in [6, 6.07) is 3.97. The van der Waals surface area contributed by atoms with Gasteiger partial charge in [0, 0.05) is 18.7 Å². The lowest BCUT2D eigenvalue weighted by Gasteiger charge is -2.27. The lowest BCUT2D eigenvalue weighted by atomic mass is 10.0. The minimum atomic E-state index is -0.946. The van der Waals surface area contributed by atoms with Crippen LogP contribution < -0.4 is 16.4 Å². The number of carbonyl (C=O) groups excluding carboxylic acids is 4. The summed E-state index contributed by atoms with van der Waals surface area (Å²) in [5.41, 5.74) is 6.83. The Kier molecular flexibility index (Phi) is 4.54. The van der Waals surface area contributed by atoms with E-state index in [1.54, 1.807) is 18.2 Å². The van der Waals surface area contributed by atoms with Crippen molar-refractivity contribution in [1.82, 2.24) is 10.2 Å². The molecule has 1 aromatic carbocycles. The number of amides is 4. The summed E-state index contributed by atoms with van der Waals surface area (Å²) in [7, 11) is 0. The number of nitrogens with two attached hydrogens (primary N) is 1. The van der Waals surface area contributed by atoms with Crippen LogP contribution in [0.15, 0.2) is 18.2 Å². The van der Waals surface area contributed by atoms with Crippen LogP contribution in [0, 0.1) is 5.92 Å². The van der Waals surface area contributed by atoms with Gasteiger partial charge in [-0.3, -0.25) is 29.4 Å². The zero-order valence-corrected chi connectivity index (χ0v) is 13.9. The molecule has 132 valence electrons. The molecule has 0 spiro atoms. The van der Waals surface area contributed by atoms with Gasteiger partial charge in [-0.25, -0.2) is 0 Å². The fraction of sp³-hybridized carbons (Fsp3) is 0.412. The number of hydrogen-bond acceptors (Lipinski definition) is 6. The Morgan fingerprint density at radius 1 is 1.24 bits per heavy atom. The topological polar surface area (TPSA) is 122 Å². The van der Waals surface area contributed by atoms with E-state index in [4.69, 9.17) is 5.73 Å². The Hall–Kier alpha value is -2.74. The predicted molar refractivity (Wildman–Crippen MR) is 89.8 cm³/mol. The van der Waals surface area contributed by atoms with Gasteiger partial charge in [-0.1, -0.05) is 6.92 Å². The van der Waals surface area contributed by atoms with E-state index in [-0.39, 0.29) is 29.9 Å². The first-order chi connectivity index (χ1) is 11.9. The van der Waals surface area contributed by atoms with Crippen LogP contribution >= 0.6 is 0 Å². The third-order valence-corrected chi connectivity index (χ3v) is 4.50. The summed E-state index contributed by atoms with van der Waals surface area (Å²) < 4.78 is 0. The zero-order chi connectivity index (χ0) is 18.1. The van der Waals surface area contributed by atoms with Crippen molar-refractivity contribution < 1.29 is 19.2 Å². The van der Waals surface area contributed by atoms with Crippen molar-refractivity contribution in [3.05, 3.63) is 29.3 Å². The van der Waals surface area contributed by atoms with Crippen molar-refractivity contribution in [2.24, 2.45) is 11.7 Å². The maximum Gasteiger partial charge on any atom is 0.262 e. The molecule has 4 N–H and O–H groups in total. The van der Waals surface area contributed by atoms with Gasteiger partial charge in [0.2, 0.25) is 11.8 Å². The number of benzene rings is 1. The summed E-state index contributed by atoms with van der Waals surface area (Å²) in [5.74, 6) is -1.74. The molecule has 0 radical (unpaired) electrons. The fourth-order valence-corrected chi connectivity index (χ4v) is 2.96. The number of rotatable bonds is 5. The lowest BCUT2D eigenvalue weighted by Crippen LogP contribution is -2.54. The van der Waals surface area contributed by atoms with Gasteiger partial charge in [0.05, 0.1) is 11.1 Å². The van der Waals surface area contributed by atoms with Gasteiger partial charge in [-0.15, -0.1) is 0 Å². The highest BCUT2D eigenvalue weighted by Gasteiger charge is 2.44. The van der Waals surface area contributed by atoms with E-state index < -0.39 is 29.7 Å². The first-order valence-electron chi connectivity index (χ1n) is 8.22. The van der Waals surface area contributed by atoms with E-state index in [0.29, 0.717) is 18.8 Å². The van der Waals surface area contributed by atoms with Crippen molar-refractivity contribution >= 4 is 29.3 Å². The summed E-state index contributed by atoms with van der Waals surface area (Å²) in [6.45, 7) is 3.19. The number of hydrogen-bond donors (Lipinski definition) is 3. The Morgan fingerprint density at radius 3 is 2.64 bits per heavy atom. The Morgan fingerprint density at radius 2 is 1.96 bits per heavy atom. The third kappa shape index (κ3) is 3.12. The molecular weight excluding hydrogens is 324 g/mol. The number of imide groups is 2. The molecule has 0 aliphatic carbocycles. The van der Waals surface area contributed by atoms with E-state index in [1.807, 2.05) is 6.92 Å². The van der Waals surface area contributed by atoms with Crippen molar-refractivity contribution in [3.8, 4) is 0 Å². The number of anilines is 1. The van der Waals surface area contributed by atoms with Gasteiger partial charge in [0.1, 0.15) is 6.04 Å². The van der Waals surface area contributed by atoms with E-state index in [9.17, 15) is 19.2 Å². The molecule has 2 heterocycles. The molecule has 8 nitrogen and oxygen atoms in total.